The van der Waals surface area contributed by atoms with E-state index in [4.69, 9.17) is 0 Å². The van der Waals surface area contributed by atoms with Crippen molar-refractivity contribution in [3.8, 4) is 0 Å². The SMILES string of the molecule is O=C(CCC(=O)N1CC1)c1ccccc1. The van der Waals surface area contributed by atoms with Crippen molar-refractivity contribution < 1.29 is 9.59 Å². The molecule has 1 heterocycles. The second-order valence-electron chi connectivity index (χ2n) is 3.67. The Labute approximate surface area is 88.7 Å². The van der Waals surface area contributed by atoms with Crippen LogP contribution in [-0.2, 0) is 4.79 Å². The maximum Gasteiger partial charge on any atom is 0.223 e. The van der Waals surface area contributed by atoms with Gasteiger partial charge in [-0.15, -0.1) is 0 Å². The molecule has 0 spiro atoms. The lowest BCUT2D eigenvalue weighted by Gasteiger charge is -2.01. The molecule has 3 nitrogen and oxygen atoms in total. The van der Waals surface area contributed by atoms with Crippen LogP contribution in [0.3, 0.4) is 0 Å². The molecule has 3 heteroatoms. The molecule has 78 valence electrons. The molecule has 0 radical (unpaired) electrons. The molecule has 0 unspecified atom stereocenters. The average molecular weight is 203 g/mol. The van der Waals surface area contributed by atoms with Gasteiger partial charge in [0.15, 0.2) is 5.78 Å². The predicted octanol–water partition coefficient (Wildman–Crippen LogP) is 1.49. The van der Waals surface area contributed by atoms with Crippen LogP contribution in [0, 0.1) is 0 Å². The van der Waals surface area contributed by atoms with Gasteiger partial charge >= 0.3 is 0 Å². The van der Waals surface area contributed by atoms with Gasteiger partial charge in [-0.1, -0.05) is 30.3 Å². The zero-order chi connectivity index (χ0) is 10.7. The summed E-state index contributed by atoms with van der Waals surface area (Å²) in [6, 6.07) is 9.10. The van der Waals surface area contributed by atoms with Gasteiger partial charge in [-0.25, -0.2) is 0 Å². The minimum absolute atomic E-state index is 0.0470. The summed E-state index contributed by atoms with van der Waals surface area (Å²) in [4.78, 5) is 24.7. The summed E-state index contributed by atoms with van der Waals surface area (Å²) >= 11 is 0. The molecule has 0 atom stereocenters. The third-order valence-corrected chi connectivity index (χ3v) is 2.46. The first-order valence-electron chi connectivity index (χ1n) is 5.13. The number of ketones is 1. The fourth-order valence-corrected chi connectivity index (χ4v) is 1.45. The zero-order valence-electron chi connectivity index (χ0n) is 8.48. The number of amides is 1. The van der Waals surface area contributed by atoms with Crippen LogP contribution in [0.5, 0.6) is 0 Å². The summed E-state index contributed by atoms with van der Waals surface area (Å²) in [6.07, 6.45) is 0.660. The van der Waals surface area contributed by atoms with Crippen molar-refractivity contribution in [2.75, 3.05) is 13.1 Å². The first-order valence-corrected chi connectivity index (χ1v) is 5.13. The number of rotatable bonds is 4. The topological polar surface area (TPSA) is 37.1 Å². The van der Waals surface area contributed by atoms with Crippen LogP contribution in [0.1, 0.15) is 23.2 Å². The van der Waals surface area contributed by atoms with Crippen molar-refractivity contribution in [2.45, 2.75) is 12.8 Å². The van der Waals surface area contributed by atoms with Gasteiger partial charge in [0.05, 0.1) is 0 Å². The third kappa shape index (κ3) is 2.65. The molecule has 0 aliphatic carbocycles. The van der Waals surface area contributed by atoms with E-state index in [1.165, 1.54) is 0 Å². The molecule has 0 saturated carbocycles. The minimum Gasteiger partial charge on any atom is -0.339 e. The molecule has 1 aliphatic rings. The van der Waals surface area contributed by atoms with Crippen LogP contribution in [-0.4, -0.2) is 29.7 Å². The van der Waals surface area contributed by atoms with Crippen molar-refractivity contribution >= 4 is 11.7 Å². The lowest BCUT2D eigenvalue weighted by molar-refractivity contribution is -0.125. The van der Waals surface area contributed by atoms with E-state index in [0.717, 1.165) is 13.1 Å². The lowest BCUT2D eigenvalue weighted by Crippen LogP contribution is -2.12. The Morgan fingerprint density at radius 2 is 1.73 bits per heavy atom. The van der Waals surface area contributed by atoms with E-state index in [9.17, 15) is 9.59 Å². The van der Waals surface area contributed by atoms with Crippen LogP contribution >= 0.6 is 0 Å². The molecule has 1 aromatic rings. The molecular weight excluding hydrogens is 190 g/mol. The van der Waals surface area contributed by atoms with Crippen molar-refractivity contribution in [1.82, 2.24) is 4.90 Å². The second-order valence-corrected chi connectivity index (χ2v) is 3.67. The molecule has 1 aliphatic heterocycles. The molecule has 1 saturated heterocycles. The fraction of sp³-hybridized carbons (Fsp3) is 0.333. The van der Waals surface area contributed by atoms with Gasteiger partial charge in [0, 0.05) is 31.5 Å². The van der Waals surface area contributed by atoms with Gasteiger partial charge in [-0.2, -0.15) is 0 Å². The van der Waals surface area contributed by atoms with E-state index < -0.39 is 0 Å². The number of nitrogens with zero attached hydrogens (tertiary/aromatic N) is 1. The van der Waals surface area contributed by atoms with E-state index in [0.29, 0.717) is 18.4 Å². The second kappa shape index (κ2) is 4.26. The molecule has 1 amide bonds. The van der Waals surface area contributed by atoms with Gasteiger partial charge in [0.1, 0.15) is 0 Å². The number of hydrogen-bond donors (Lipinski definition) is 0. The highest BCUT2D eigenvalue weighted by atomic mass is 16.2. The summed E-state index contributed by atoms with van der Waals surface area (Å²) in [6.45, 7) is 1.72. The lowest BCUT2D eigenvalue weighted by atomic mass is 10.1. The Morgan fingerprint density at radius 3 is 2.33 bits per heavy atom. The summed E-state index contributed by atoms with van der Waals surface area (Å²) < 4.78 is 0. The molecule has 1 fully saturated rings. The molecule has 1 aromatic carbocycles. The third-order valence-electron chi connectivity index (χ3n) is 2.46. The zero-order valence-corrected chi connectivity index (χ0v) is 8.48. The first kappa shape index (κ1) is 9.90. The molecule has 0 bridgehead atoms. The van der Waals surface area contributed by atoms with Gasteiger partial charge in [-0.3, -0.25) is 9.59 Å². The number of carbonyl (C=O) groups excluding carboxylic acids is 2. The monoisotopic (exact) mass is 203 g/mol. The Balaban J connectivity index is 1.84. The van der Waals surface area contributed by atoms with Crippen molar-refractivity contribution in [2.24, 2.45) is 0 Å². The predicted molar refractivity (Wildman–Crippen MR) is 56.6 cm³/mol. The Hall–Kier alpha value is -1.64. The fourth-order valence-electron chi connectivity index (χ4n) is 1.45. The highest BCUT2D eigenvalue weighted by molar-refractivity contribution is 5.98. The van der Waals surface area contributed by atoms with Crippen LogP contribution in [0.25, 0.3) is 0 Å². The van der Waals surface area contributed by atoms with Gasteiger partial charge < -0.3 is 4.90 Å². The molecule has 0 N–H and O–H groups in total. The first-order chi connectivity index (χ1) is 7.27. The number of Topliss-reactive ketones (excluding diaryl/α,β-unsaturated/α-hetero) is 1. The molecule has 0 aromatic heterocycles. The van der Waals surface area contributed by atoms with Gasteiger partial charge in [0.2, 0.25) is 5.91 Å². The molecule has 2 rings (SSSR count). The van der Waals surface area contributed by atoms with E-state index >= 15 is 0 Å². The van der Waals surface area contributed by atoms with Crippen LogP contribution < -0.4 is 0 Å². The van der Waals surface area contributed by atoms with Crippen LogP contribution in [0.15, 0.2) is 30.3 Å². The Kier molecular flexibility index (Phi) is 2.81. The van der Waals surface area contributed by atoms with Crippen molar-refractivity contribution in [3.63, 3.8) is 0 Å². The van der Waals surface area contributed by atoms with E-state index in [1.807, 2.05) is 18.2 Å². The van der Waals surface area contributed by atoms with Crippen molar-refractivity contribution in [3.05, 3.63) is 35.9 Å². The highest BCUT2D eigenvalue weighted by Gasteiger charge is 2.23. The smallest absolute Gasteiger partial charge is 0.223 e. The Bertz CT molecular complexity index is 368. The van der Waals surface area contributed by atoms with Crippen molar-refractivity contribution in [1.29, 1.82) is 0 Å². The number of hydrogen-bond acceptors (Lipinski definition) is 2. The van der Waals surface area contributed by atoms with Crippen LogP contribution in [0.4, 0.5) is 0 Å². The van der Waals surface area contributed by atoms with Gasteiger partial charge in [-0.05, 0) is 0 Å². The van der Waals surface area contributed by atoms with Crippen LogP contribution in [0.2, 0.25) is 0 Å². The van der Waals surface area contributed by atoms with E-state index in [1.54, 1.807) is 17.0 Å². The highest BCUT2D eigenvalue weighted by Crippen LogP contribution is 2.10. The van der Waals surface area contributed by atoms with E-state index in [2.05, 4.69) is 0 Å². The number of benzene rings is 1. The molecule has 15 heavy (non-hydrogen) atoms. The summed E-state index contributed by atoms with van der Waals surface area (Å²) in [5.41, 5.74) is 0.691. The number of carbonyl (C=O) groups is 2. The largest absolute Gasteiger partial charge is 0.339 e. The van der Waals surface area contributed by atoms with Gasteiger partial charge in [0.25, 0.3) is 0 Å². The quantitative estimate of drug-likeness (QED) is 0.549. The average Bonchev–Trinajstić information content (AvgIpc) is 3.10. The normalized spacial score (nSPS) is 13.7. The maximum absolute atomic E-state index is 11.6. The minimum atomic E-state index is 0.0470. The standard InChI is InChI=1S/C12H13NO2/c14-11(10-4-2-1-3-5-10)6-7-12(15)13-8-9-13/h1-5H,6-9H2. The Morgan fingerprint density at radius 1 is 1.07 bits per heavy atom. The summed E-state index contributed by atoms with van der Waals surface area (Å²) in [7, 11) is 0. The maximum atomic E-state index is 11.6. The summed E-state index contributed by atoms with van der Waals surface area (Å²) in [5.74, 6) is 0.144. The van der Waals surface area contributed by atoms with E-state index in [-0.39, 0.29) is 11.7 Å². The molecular formula is C12H13NO2. The summed E-state index contributed by atoms with van der Waals surface area (Å²) in [5, 5.41) is 0.